The molecule has 170 valence electrons. The van der Waals surface area contributed by atoms with Crippen molar-refractivity contribution in [2.45, 2.75) is 12.0 Å². The van der Waals surface area contributed by atoms with E-state index in [0.717, 1.165) is 16.7 Å². The van der Waals surface area contributed by atoms with Crippen LogP contribution in [0.2, 0.25) is 0 Å². The van der Waals surface area contributed by atoms with Crippen molar-refractivity contribution in [3.63, 3.8) is 0 Å². The van der Waals surface area contributed by atoms with Gasteiger partial charge in [0.2, 0.25) is 0 Å². The first-order chi connectivity index (χ1) is 16.0. The highest BCUT2D eigenvalue weighted by atomic mass is 16.5. The van der Waals surface area contributed by atoms with Crippen molar-refractivity contribution < 1.29 is 19.1 Å². The van der Waals surface area contributed by atoms with Gasteiger partial charge in [0.1, 0.15) is 5.75 Å². The number of ether oxygens (including phenoxy) is 2. The molecule has 0 spiro atoms. The van der Waals surface area contributed by atoms with Gasteiger partial charge >= 0.3 is 0 Å². The first-order valence-corrected chi connectivity index (χ1v) is 10.8. The topological polar surface area (TPSA) is 80.8 Å². The molecule has 1 unspecified atom stereocenters. The molecule has 0 bridgehead atoms. The van der Waals surface area contributed by atoms with E-state index >= 15 is 0 Å². The van der Waals surface area contributed by atoms with Crippen LogP contribution >= 0.6 is 0 Å². The number of methoxy groups -OCH3 is 1. The van der Waals surface area contributed by atoms with Gasteiger partial charge in [-0.25, -0.2) is 0 Å². The standard InChI is InChI=1S/C26H27N3O4/c1-27-25(31)26(16-19-6-3-7-20(14-19)22-9-5-11-28-17-22)18-29(12-13-33-26)24(30)21-8-4-10-23(15-21)32-2/h3-11,14-15,17H,12-13,16,18H2,1-2H3,(H,27,31). The van der Waals surface area contributed by atoms with Crippen LogP contribution in [-0.2, 0) is 16.0 Å². The number of amides is 2. The number of aromatic nitrogens is 1. The molecule has 1 saturated heterocycles. The second kappa shape index (κ2) is 9.83. The minimum Gasteiger partial charge on any atom is -0.497 e. The lowest BCUT2D eigenvalue weighted by Crippen LogP contribution is -2.61. The number of benzene rings is 2. The van der Waals surface area contributed by atoms with Crippen molar-refractivity contribution in [3.05, 3.63) is 84.2 Å². The first-order valence-electron chi connectivity index (χ1n) is 10.8. The lowest BCUT2D eigenvalue weighted by atomic mass is 9.89. The monoisotopic (exact) mass is 445 g/mol. The van der Waals surface area contributed by atoms with Crippen molar-refractivity contribution in [2.75, 3.05) is 33.9 Å². The molecule has 1 aliphatic heterocycles. The number of rotatable bonds is 6. The highest BCUT2D eigenvalue weighted by Gasteiger charge is 2.44. The highest BCUT2D eigenvalue weighted by molar-refractivity contribution is 5.95. The van der Waals surface area contributed by atoms with Crippen LogP contribution in [0.4, 0.5) is 0 Å². The number of likely N-dealkylation sites (N-methyl/N-ethyl adjacent to an activating group) is 1. The molecular weight excluding hydrogens is 418 g/mol. The maximum Gasteiger partial charge on any atom is 0.254 e. The van der Waals surface area contributed by atoms with Gasteiger partial charge in [-0.1, -0.05) is 36.4 Å². The fourth-order valence-electron chi connectivity index (χ4n) is 4.17. The maximum atomic E-state index is 13.2. The number of nitrogens with zero attached hydrogens (tertiary/aromatic N) is 2. The van der Waals surface area contributed by atoms with Crippen LogP contribution in [0.25, 0.3) is 11.1 Å². The van der Waals surface area contributed by atoms with Gasteiger partial charge in [-0.2, -0.15) is 0 Å². The molecule has 1 aromatic heterocycles. The van der Waals surface area contributed by atoms with Gasteiger partial charge in [-0.15, -0.1) is 0 Å². The van der Waals surface area contributed by atoms with Crippen molar-refractivity contribution in [2.24, 2.45) is 0 Å². The van der Waals surface area contributed by atoms with Crippen molar-refractivity contribution in [3.8, 4) is 16.9 Å². The Kier molecular flexibility index (Phi) is 6.70. The molecule has 7 nitrogen and oxygen atoms in total. The lowest BCUT2D eigenvalue weighted by molar-refractivity contribution is -0.156. The molecule has 4 rings (SSSR count). The Hall–Kier alpha value is -3.71. The molecule has 1 aliphatic rings. The molecule has 0 aliphatic carbocycles. The maximum absolute atomic E-state index is 13.2. The molecule has 0 radical (unpaired) electrons. The minimum absolute atomic E-state index is 0.153. The van der Waals surface area contributed by atoms with Crippen molar-refractivity contribution in [1.82, 2.24) is 15.2 Å². The average molecular weight is 446 g/mol. The summed E-state index contributed by atoms with van der Waals surface area (Å²) < 4.78 is 11.3. The summed E-state index contributed by atoms with van der Waals surface area (Å²) in [5.74, 6) is 0.200. The summed E-state index contributed by atoms with van der Waals surface area (Å²) in [5, 5.41) is 2.73. The van der Waals surface area contributed by atoms with Crippen LogP contribution in [0.3, 0.4) is 0 Å². The summed E-state index contributed by atoms with van der Waals surface area (Å²) in [6, 6.07) is 18.9. The third-order valence-electron chi connectivity index (χ3n) is 5.84. The largest absolute Gasteiger partial charge is 0.497 e. The van der Waals surface area contributed by atoms with Gasteiger partial charge in [0.15, 0.2) is 5.60 Å². The van der Waals surface area contributed by atoms with Crippen LogP contribution < -0.4 is 10.1 Å². The van der Waals surface area contributed by atoms with Gasteiger partial charge in [0.05, 0.1) is 20.3 Å². The van der Waals surface area contributed by atoms with Gasteiger partial charge in [-0.3, -0.25) is 14.6 Å². The van der Waals surface area contributed by atoms with E-state index in [0.29, 0.717) is 24.3 Å². The lowest BCUT2D eigenvalue weighted by Gasteiger charge is -2.41. The van der Waals surface area contributed by atoms with Gasteiger partial charge < -0.3 is 19.7 Å². The summed E-state index contributed by atoms with van der Waals surface area (Å²) in [7, 11) is 3.15. The molecule has 3 aromatic rings. The second-order valence-electron chi connectivity index (χ2n) is 8.00. The summed E-state index contributed by atoms with van der Waals surface area (Å²) in [6.45, 7) is 0.829. The van der Waals surface area contributed by atoms with E-state index in [2.05, 4.69) is 10.3 Å². The highest BCUT2D eigenvalue weighted by Crippen LogP contribution is 2.28. The number of carbonyl (C=O) groups excluding carboxylic acids is 2. The Morgan fingerprint density at radius 1 is 1.12 bits per heavy atom. The first kappa shape index (κ1) is 22.5. The number of hydrogen-bond acceptors (Lipinski definition) is 5. The molecule has 2 aromatic carbocycles. The fraction of sp³-hybridized carbons (Fsp3) is 0.269. The number of morpholine rings is 1. The van der Waals surface area contributed by atoms with Crippen LogP contribution in [-0.4, -0.2) is 61.2 Å². The predicted molar refractivity (Wildman–Crippen MR) is 125 cm³/mol. The van der Waals surface area contributed by atoms with E-state index in [-0.39, 0.29) is 25.0 Å². The van der Waals surface area contributed by atoms with Crippen molar-refractivity contribution in [1.29, 1.82) is 0 Å². The van der Waals surface area contributed by atoms with Crippen molar-refractivity contribution >= 4 is 11.8 Å². The Labute approximate surface area is 193 Å². The van der Waals surface area contributed by atoms with Gasteiger partial charge in [-0.05, 0) is 41.0 Å². The van der Waals surface area contributed by atoms with E-state index in [1.165, 1.54) is 0 Å². The Bertz CT molecular complexity index is 1140. The summed E-state index contributed by atoms with van der Waals surface area (Å²) in [4.78, 5) is 32.2. The number of hydrogen-bond donors (Lipinski definition) is 1. The average Bonchev–Trinajstić information content (AvgIpc) is 2.88. The SMILES string of the molecule is CNC(=O)C1(Cc2cccc(-c3cccnc3)c2)CN(C(=O)c2cccc(OC)c2)CCO1. The van der Waals surface area contributed by atoms with E-state index in [9.17, 15) is 9.59 Å². The predicted octanol–water partition coefficient (Wildman–Crippen LogP) is 2.96. The van der Waals surface area contributed by atoms with E-state index in [4.69, 9.17) is 9.47 Å². The van der Waals surface area contributed by atoms with E-state index in [1.54, 1.807) is 55.7 Å². The van der Waals surface area contributed by atoms with Crippen LogP contribution in [0.5, 0.6) is 5.75 Å². The molecule has 1 atom stereocenters. The Morgan fingerprint density at radius 2 is 1.94 bits per heavy atom. The van der Waals surface area contributed by atoms with Gasteiger partial charge in [0.25, 0.3) is 11.8 Å². The zero-order chi connectivity index (χ0) is 23.3. The number of carbonyl (C=O) groups is 2. The molecule has 33 heavy (non-hydrogen) atoms. The molecule has 1 fully saturated rings. The Morgan fingerprint density at radius 3 is 2.70 bits per heavy atom. The van der Waals surface area contributed by atoms with Crippen LogP contribution in [0.1, 0.15) is 15.9 Å². The van der Waals surface area contributed by atoms with Gasteiger partial charge in [0, 0.05) is 38.0 Å². The minimum atomic E-state index is -1.19. The quantitative estimate of drug-likeness (QED) is 0.631. The van der Waals surface area contributed by atoms with Crippen LogP contribution in [0.15, 0.2) is 73.1 Å². The van der Waals surface area contributed by atoms with Crippen LogP contribution in [0, 0.1) is 0 Å². The van der Waals surface area contributed by atoms with E-state index in [1.807, 2.05) is 36.4 Å². The fourth-order valence-corrected chi connectivity index (χ4v) is 4.17. The smallest absolute Gasteiger partial charge is 0.254 e. The van der Waals surface area contributed by atoms with E-state index < -0.39 is 5.60 Å². The third kappa shape index (κ3) is 4.88. The molecule has 1 N–H and O–H groups in total. The molecule has 7 heteroatoms. The second-order valence-corrected chi connectivity index (χ2v) is 8.00. The zero-order valence-corrected chi connectivity index (χ0v) is 18.8. The summed E-state index contributed by atoms with van der Waals surface area (Å²) in [5.41, 5.74) is 2.27. The zero-order valence-electron chi connectivity index (χ0n) is 18.8. The molecule has 2 amide bonds. The molecule has 0 saturated carbocycles. The third-order valence-corrected chi connectivity index (χ3v) is 5.84. The molecule has 2 heterocycles. The number of nitrogens with one attached hydrogen (secondary N) is 1. The Balaban J connectivity index is 1.61. The summed E-state index contributed by atoms with van der Waals surface area (Å²) >= 11 is 0. The summed E-state index contributed by atoms with van der Waals surface area (Å²) in [6.07, 6.45) is 3.87. The normalized spacial score (nSPS) is 17.9. The molecular formula is C26H27N3O4. The number of pyridine rings is 1.